The van der Waals surface area contributed by atoms with Gasteiger partial charge in [0.15, 0.2) is 12.0 Å². The first-order chi connectivity index (χ1) is 19.5. The summed E-state index contributed by atoms with van der Waals surface area (Å²) in [5, 5.41) is 19.8. The summed E-state index contributed by atoms with van der Waals surface area (Å²) in [5.74, 6) is -0.779. The van der Waals surface area contributed by atoms with Gasteiger partial charge in [0, 0.05) is 42.7 Å². The number of benzene rings is 3. The van der Waals surface area contributed by atoms with Crippen LogP contribution in [0, 0.1) is 5.82 Å². The number of amides is 2. The van der Waals surface area contributed by atoms with Crippen molar-refractivity contribution in [3.8, 4) is 11.4 Å². The lowest BCUT2D eigenvalue weighted by Gasteiger charge is -2.38. The van der Waals surface area contributed by atoms with Gasteiger partial charge >= 0.3 is 0 Å². The van der Waals surface area contributed by atoms with Crippen molar-refractivity contribution in [3.63, 3.8) is 0 Å². The van der Waals surface area contributed by atoms with Gasteiger partial charge in [-0.3, -0.25) is 9.59 Å². The molecule has 1 aromatic heterocycles. The molecule has 0 saturated carbocycles. The van der Waals surface area contributed by atoms with Crippen LogP contribution in [0.3, 0.4) is 0 Å². The van der Waals surface area contributed by atoms with Gasteiger partial charge in [0.05, 0.1) is 11.4 Å². The zero-order chi connectivity index (χ0) is 29.3. The maximum Gasteiger partial charge on any atom is 0.269 e. The third kappa shape index (κ3) is 5.65. The van der Waals surface area contributed by atoms with Crippen molar-refractivity contribution in [2.45, 2.75) is 32.4 Å². The number of H-pyrrole nitrogens is 1. The SMILES string of the molecule is CN1C=C(c2cccc(NC(=O)c3ccc(C(C)(C)C)cc3)c2F)N(C)C(Nc2ccc(-c3nn[nH]n3)cc2)C1=O. The molecule has 1 atom stereocenters. The van der Waals surface area contributed by atoms with E-state index in [0.717, 1.165) is 11.1 Å². The molecule has 0 spiro atoms. The van der Waals surface area contributed by atoms with E-state index in [1.54, 1.807) is 61.6 Å². The number of anilines is 2. The fourth-order valence-electron chi connectivity index (χ4n) is 4.55. The molecule has 41 heavy (non-hydrogen) atoms. The lowest BCUT2D eigenvalue weighted by Crippen LogP contribution is -2.52. The van der Waals surface area contributed by atoms with Crippen LogP contribution >= 0.6 is 0 Å². The Labute approximate surface area is 237 Å². The number of aromatic amines is 1. The van der Waals surface area contributed by atoms with Gasteiger partial charge in [-0.2, -0.15) is 5.21 Å². The van der Waals surface area contributed by atoms with Crippen LogP contribution in [0.5, 0.6) is 0 Å². The molecule has 1 aliphatic heterocycles. The van der Waals surface area contributed by atoms with E-state index in [1.807, 2.05) is 24.3 Å². The summed E-state index contributed by atoms with van der Waals surface area (Å²) in [7, 11) is 3.33. The number of carbonyl (C=O) groups is 2. The lowest BCUT2D eigenvalue weighted by atomic mass is 9.87. The summed E-state index contributed by atoms with van der Waals surface area (Å²) in [5.41, 5.74) is 3.67. The highest BCUT2D eigenvalue weighted by Gasteiger charge is 2.33. The van der Waals surface area contributed by atoms with E-state index in [2.05, 4.69) is 52.0 Å². The van der Waals surface area contributed by atoms with Crippen molar-refractivity contribution in [3.05, 3.63) is 95.4 Å². The van der Waals surface area contributed by atoms with Gasteiger partial charge in [-0.1, -0.05) is 39.0 Å². The van der Waals surface area contributed by atoms with E-state index >= 15 is 4.39 Å². The number of halogens is 1. The van der Waals surface area contributed by atoms with E-state index in [9.17, 15) is 9.59 Å². The second-order valence-electron chi connectivity index (χ2n) is 10.9. The minimum atomic E-state index is -0.810. The molecule has 0 bridgehead atoms. The fourth-order valence-corrected chi connectivity index (χ4v) is 4.55. The lowest BCUT2D eigenvalue weighted by molar-refractivity contribution is -0.131. The Morgan fingerprint density at radius 3 is 2.34 bits per heavy atom. The number of rotatable bonds is 6. The number of aromatic nitrogens is 4. The van der Waals surface area contributed by atoms with Gasteiger partial charge in [0.2, 0.25) is 5.82 Å². The number of carbonyl (C=O) groups excluding carboxylic acids is 2. The summed E-state index contributed by atoms with van der Waals surface area (Å²) in [6, 6.07) is 19.3. The van der Waals surface area contributed by atoms with Crippen LogP contribution in [0.1, 0.15) is 42.3 Å². The van der Waals surface area contributed by atoms with Crippen LogP contribution < -0.4 is 10.6 Å². The Morgan fingerprint density at radius 2 is 1.71 bits per heavy atom. The molecule has 0 saturated heterocycles. The predicted octanol–water partition coefficient (Wildman–Crippen LogP) is 4.70. The Hall–Kier alpha value is -5.06. The highest BCUT2D eigenvalue weighted by atomic mass is 19.1. The van der Waals surface area contributed by atoms with Crippen LogP contribution in [0.4, 0.5) is 15.8 Å². The molecule has 1 aliphatic rings. The standard InChI is InChI=1S/C30H31FN8O2/c1-30(2,3)20-13-9-19(10-14-20)28(40)33-23-8-6-7-22(25(23)31)24-17-38(4)29(41)27(39(24)5)32-21-15-11-18(12-16-21)26-34-36-37-35-26/h6-17,27,32H,1-5H3,(H,33,40)(H,34,35,36,37). The molecule has 0 fully saturated rings. The number of nitrogens with one attached hydrogen (secondary N) is 3. The fraction of sp³-hybridized carbons (Fsp3) is 0.233. The highest BCUT2D eigenvalue weighted by Crippen LogP contribution is 2.31. The molecule has 4 aromatic rings. The first kappa shape index (κ1) is 27.5. The summed E-state index contributed by atoms with van der Waals surface area (Å²) >= 11 is 0. The number of hydrogen-bond acceptors (Lipinski definition) is 7. The molecule has 3 aromatic carbocycles. The molecule has 5 rings (SSSR count). The summed E-state index contributed by atoms with van der Waals surface area (Å²) < 4.78 is 15.9. The predicted molar refractivity (Wildman–Crippen MR) is 155 cm³/mol. The summed E-state index contributed by atoms with van der Waals surface area (Å²) in [6.07, 6.45) is 0.768. The van der Waals surface area contributed by atoms with Gasteiger partial charge in [0.25, 0.3) is 11.8 Å². The number of nitrogens with zero attached hydrogens (tertiary/aromatic N) is 5. The largest absolute Gasteiger partial charge is 0.357 e. The topological polar surface area (TPSA) is 119 Å². The molecular formula is C30H31FN8O2. The van der Waals surface area contributed by atoms with Crippen LogP contribution in [-0.4, -0.2) is 62.5 Å². The van der Waals surface area contributed by atoms with Crippen molar-refractivity contribution in [2.75, 3.05) is 24.7 Å². The van der Waals surface area contributed by atoms with Crippen LogP contribution in [0.25, 0.3) is 17.1 Å². The highest BCUT2D eigenvalue weighted by molar-refractivity contribution is 6.04. The van der Waals surface area contributed by atoms with Crippen molar-refractivity contribution in [2.24, 2.45) is 0 Å². The van der Waals surface area contributed by atoms with Gasteiger partial charge in [-0.05, 0) is 64.7 Å². The molecule has 10 nitrogen and oxygen atoms in total. The molecule has 2 heterocycles. The van der Waals surface area contributed by atoms with Gasteiger partial charge in [-0.15, -0.1) is 10.2 Å². The first-order valence-corrected chi connectivity index (χ1v) is 13.1. The zero-order valence-corrected chi connectivity index (χ0v) is 23.4. The van der Waals surface area contributed by atoms with Crippen LogP contribution in [-0.2, 0) is 10.2 Å². The Morgan fingerprint density at radius 1 is 1.00 bits per heavy atom. The maximum atomic E-state index is 15.9. The molecule has 0 radical (unpaired) electrons. The normalized spacial score (nSPS) is 15.5. The van der Waals surface area contributed by atoms with E-state index < -0.39 is 17.9 Å². The molecule has 1 unspecified atom stereocenters. The van der Waals surface area contributed by atoms with E-state index in [-0.39, 0.29) is 22.6 Å². The second-order valence-corrected chi connectivity index (χ2v) is 10.9. The van der Waals surface area contributed by atoms with Crippen LogP contribution in [0.2, 0.25) is 0 Å². The number of tetrazole rings is 1. The van der Waals surface area contributed by atoms with Crippen molar-refractivity contribution < 1.29 is 14.0 Å². The number of hydrogen-bond donors (Lipinski definition) is 3. The van der Waals surface area contributed by atoms with E-state index in [0.29, 0.717) is 22.8 Å². The Bertz CT molecular complexity index is 1590. The Kier molecular flexibility index (Phi) is 7.27. The van der Waals surface area contributed by atoms with Gasteiger partial charge in [-0.25, -0.2) is 4.39 Å². The Balaban J connectivity index is 1.36. The van der Waals surface area contributed by atoms with Gasteiger partial charge in [0.1, 0.15) is 0 Å². The van der Waals surface area contributed by atoms with Crippen molar-refractivity contribution in [1.29, 1.82) is 0 Å². The summed E-state index contributed by atoms with van der Waals surface area (Å²) in [6.45, 7) is 6.29. The average Bonchev–Trinajstić information content (AvgIpc) is 3.49. The van der Waals surface area contributed by atoms with Crippen LogP contribution in [0.15, 0.2) is 72.9 Å². The molecule has 210 valence electrons. The van der Waals surface area contributed by atoms with E-state index in [4.69, 9.17) is 0 Å². The number of likely N-dealkylation sites (N-methyl/N-ethyl adjacent to an activating group) is 2. The second kappa shape index (κ2) is 10.8. The molecule has 2 amide bonds. The summed E-state index contributed by atoms with van der Waals surface area (Å²) in [4.78, 5) is 29.1. The smallest absolute Gasteiger partial charge is 0.269 e. The minimum absolute atomic E-state index is 0.0443. The zero-order valence-electron chi connectivity index (χ0n) is 23.4. The maximum absolute atomic E-state index is 15.9. The third-order valence-corrected chi connectivity index (χ3v) is 6.99. The average molecular weight is 555 g/mol. The monoisotopic (exact) mass is 554 g/mol. The molecule has 0 aliphatic carbocycles. The first-order valence-electron chi connectivity index (χ1n) is 13.1. The third-order valence-electron chi connectivity index (χ3n) is 6.99. The van der Waals surface area contributed by atoms with Crippen molar-refractivity contribution in [1.82, 2.24) is 30.4 Å². The van der Waals surface area contributed by atoms with Gasteiger partial charge < -0.3 is 20.4 Å². The minimum Gasteiger partial charge on any atom is -0.357 e. The molecular weight excluding hydrogens is 523 g/mol. The molecule has 11 heteroatoms. The quantitative estimate of drug-likeness (QED) is 0.316. The molecule has 3 N–H and O–H groups in total. The van der Waals surface area contributed by atoms with Crippen molar-refractivity contribution >= 4 is 28.9 Å². The van der Waals surface area contributed by atoms with E-state index in [1.165, 1.54) is 11.0 Å².